The van der Waals surface area contributed by atoms with Gasteiger partial charge >= 0.3 is 5.97 Å². The molecule has 1 fully saturated rings. The molecule has 0 aromatic carbocycles. The topological polar surface area (TPSA) is 77.5 Å². The number of hydrogen-bond acceptors (Lipinski definition) is 5. The van der Waals surface area contributed by atoms with Gasteiger partial charge in [0.1, 0.15) is 11.5 Å². The zero-order valence-electron chi connectivity index (χ0n) is 8.56. The first kappa shape index (κ1) is 12.2. The quantitative estimate of drug-likeness (QED) is 0.644. The van der Waals surface area contributed by atoms with Gasteiger partial charge < -0.3 is 4.74 Å². The van der Waals surface area contributed by atoms with Gasteiger partial charge in [-0.1, -0.05) is 0 Å². The predicted octanol–water partition coefficient (Wildman–Crippen LogP) is 0.0859. The number of ketones is 1. The number of Topliss-reactive ketones (excluding diaryl/α,β-unsaturated/α-hetero) is 1. The first-order chi connectivity index (χ1) is 6.95. The van der Waals surface area contributed by atoms with Gasteiger partial charge in [0.15, 0.2) is 9.84 Å². The van der Waals surface area contributed by atoms with Crippen LogP contribution in [0.1, 0.15) is 26.2 Å². The Kier molecular flexibility index (Phi) is 3.84. The second-order valence-electron chi connectivity index (χ2n) is 3.52. The van der Waals surface area contributed by atoms with Crippen LogP contribution in [0.5, 0.6) is 0 Å². The van der Waals surface area contributed by atoms with Crippen molar-refractivity contribution >= 4 is 21.6 Å². The maximum absolute atomic E-state index is 11.6. The molecule has 0 aliphatic heterocycles. The summed E-state index contributed by atoms with van der Waals surface area (Å²) >= 11 is 0. The highest BCUT2D eigenvalue weighted by Gasteiger charge is 2.34. The largest absolute Gasteiger partial charge is 0.465 e. The van der Waals surface area contributed by atoms with Crippen LogP contribution in [0.25, 0.3) is 0 Å². The van der Waals surface area contributed by atoms with Crippen LogP contribution in [0.2, 0.25) is 0 Å². The molecular weight excluding hydrogens is 220 g/mol. The van der Waals surface area contributed by atoms with Crippen molar-refractivity contribution in [2.24, 2.45) is 0 Å². The molecule has 5 nitrogen and oxygen atoms in total. The standard InChI is InChI=1S/C9H14O5S/c1-2-14-9(11)6-15(12,13)8-4-3-7(10)5-8/h8H,2-6H2,1H3. The Bertz CT molecular complexity index is 357. The van der Waals surface area contributed by atoms with Crippen LogP contribution in [0.4, 0.5) is 0 Å². The van der Waals surface area contributed by atoms with E-state index in [9.17, 15) is 18.0 Å². The number of rotatable bonds is 4. The lowest BCUT2D eigenvalue weighted by Gasteiger charge is -2.09. The summed E-state index contributed by atoms with van der Waals surface area (Å²) in [6.45, 7) is 1.78. The number of carbonyl (C=O) groups is 2. The molecule has 0 aromatic rings. The molecule has 1 rings (SSSR count). The molecule has 0 radical (unpaired) electrons. The molecule has 1 aliphatic rings. The lowest BCUT2D eigenvalue weighted by atomic mass is 10.4. The van der Waals surface area contributed by atoms with Crippen molar-refractivity contribution < 1.29 is 22.7 Å². The average Bonchev–Trinajstić information content (AvgIpc) is 2.51. The predicted molar refractivity (Wildman–Crippen MR) is 53.1 cm³/mol. The number of carbonyl (C=O) groups excluding carboxylic acids is 2. The molecule has 1 saturated carbocycles. The van der Waals surface area contributed by atoms with Crippen molar-refractivity contribution in [3.05, 3.63) is 0 Å². The van der Waals surface area contributed by atoms with Crippen LogP contribution >= 0.6 is 0 Å². The number of sulfone groups is 1. The first-order valence-corrected chi connectivity index (χ1v) is 6.56. The van der Waals surface area contributed by atoms with Crippen molar-refractivity contribution in [3.63, 3.8) is 0 Å². The molecule has 1 unspecified atom stereocenters. The fraction of sp³-hybridized carbons (Fsp3) is 0.778. The van der Waals surface area contributed by atoms with Crippen LogP contribution < -0.4 is 0 Å². The summed E-state index contributed by atoms with van der Waals surface area (Å²) in [6.07, 6.45) is 0.676. The van der Waals surface area contributed by atoms with E-state index in [0.29, 0.717) is 12.8 Å². The van der Waals surface area contributed by atoms with Crippen LogP contribution in [0, 0.1) is 0 Å². The summed E-state index contributed by atoms with van der Waals surface area (Å²) in [5, 5.41) is -0.686. The second kappa shape index (κ2) is 4.74. The van der Waals surface area contributed by atoms with E-state index in [1.54, 1.807) is 6.92 Å². The third-order valence-corrected chi connectivity index (χ3v) is 4.39. The maximum atomic E-state index is 11.6. The zero-order chi connectivity index (χ0) is 11.5. The molecule has 0 heterocycles. The monoisotopic (exact) mass is 234 g/mol. The summed E-state index contributed by atoms with van der Waals surface area (Å²) in [7, 11) is -3.51. The highest BCUT2D eigenvalue weighted by atomic mass is 32.2. The van der Waals surface area contributed by atoms with Crippen molar-refractivity contribution in [1.82, 2.24) is 0 Å². The molecule has 0 spiro atoms. The van der Waals surface area contributed by atoms with Crippen LogP contribution in [-0.2, 0) is 24.2 Å². The lowest BCUT2D eigenvalue weighted by Crippen LogP contribution is -2.27. The number of hydrogen-bond donors (Lipinski definition) is 0. The second-order valence-corrected chi connectivity index (χ2v) is 5.80. The van der Waals surface area contributed by atoms with E-state index >= 15 is 0 Å². The van der Waals surface area contributed by atoms with Crippen molar-refractivity contribution in [1.29, 1.82) is 0 Å². The Labute approximate surface area is 88.7 Å². The van der Waals surface area contributed by atoms with E-state index in [1.807, 2.05) is 0 Å². The van der Waals surface area contributed by atoms with Crippen molar-refractivity contribution in [2.45, 2.75) is 31.4 Å². The van der Waals surface area contributed by atoms with Gasteiger partial charge in [0.05, 0.1) is 11.9 Å². The van der Waals surface area contributed by atoms with Gasteiger partial charge in [-0.2, -0.15) is 0 Å². The number of esters is 1. The fourth-order valence-corrected chi connectivity index (χ4v) is 3.14. The molecule has 0 saturated heterocycles. The van der Waals surface area contributed by atoms with E-state index in [4.69, 9.17) is 0 Å². The molecule has 86 valence electrons. The summed E-state index contributed by atoms with van der Waals surface area (Å²) in [6, 6.07) is 0. The van der Waals surface area contributed by atoms with Crippen molar-refractivity contribution in [3.8, 4) is 0 Å². The van der Waals surface area contributed by atoms with E-state index in [1.165, 1.54) is 0 Å². The third kappa shape index (κ3) is 3.30. The van der Waals surface area contributed by atoms with Crippen molar-refractivity contribution in [2.75, 3.05) is 12.4 Å². The van der Waals surface area contributed by atoms with Gasteiger partial charge in [0.2, 0.25) is 0 Å². The summed E-state index contributed by atoms with van der Waals surface area (Å²) in [5.74, 6) is -1.40. The first-order valence-electron chi connectivity index (χ1n) is 4.84. The van der Waals surface area contributed by atoms with Gasteiger partial charge in [-0.15, -0.1) is 0 Å². The molecule has 0 aromatic heterocycles. The summed E-state index contributed by atoms with van der Waals surface area (Å²) in [4.78, 5) is 21.9. The normalized spacial score (nSPS) is 21.7. The molecule has 15 heavy (non-hydrogen) atoms. The summed E-state index contributed by atoms with van der Waals surface area (Å²) in [5.41, 5.74) is 0. The minimum Gasteiger partial charge on any atom is -0.465 e. The summed E-state index contributed by atoms with van der Waals surface area (Å²) < 4.78 is 27.8. The van der Waals surface area contributed by atoms with Gasteiger partial charge in [0, 0.05) is 12.8 Å². The molecule has 1 aliphatic carbocycles. The molecule has 0 amide bonds. The maximum Gasteiger partial charge on any atom is 0.321 e. The molecule has 1 atom stereocenters. The number of ether oxygens (including phenoxy) is 1. The molecular formula is C9H14O5S. The minimum absolute atomic E-state index is 0.0434. The third-order valence-electron chi connectivity index (χ3n) is 2.33. The SMILES string of the molecule is CCOC(=O)CS(=O)(=O)C1CCC(=O)C1. The Morgan fingerprint density at radius 2 is 2.20 bits per heavy atom. The van der Waals surface area contributed by atoms with E-state index in [-0.39, 0.29) is 18.8 Å². The Balaban J connectivity index is 2.59. The zero-order valence-corrected chi connectivity index (χ0v) is 9.38. The Morgan fingerprint density at radius 3 is 2.67 bits per heavy atom. The van der Waals surface area contributed by atoms with Crippen LogP contribution in [-0.4, -0.2) is 37.8 Å². The molecule has 0 N–H and O–H groups in total. The van der Waals surface area contributed by atoms with E-state index in [0.717, 1.165) is 0 Å². The average molecular weight is 234 g/mol. The van der Waals surface area contributed by atoms with Gasteiger partial charge in [0.25, 0.3) is 0 Å². The van der Waals surface area contributed by atoms with E-state index < -0.39 is 26.8 Å². The highest BCUT2D eigenvalue weighted by Crippen LogP contribution is 2.22. The Morgan fingerprint density at radius 1 is 1.53 bits per heavy atom. The van der Waals surface area contributed by atoms with Gasteiger partial charge in [-0.05, 0) is 13.3 Å². The minimum atomic E-state index is -3.51. The molecule has 6 heteroatoms. The lowest BCUT2D eigenvalue weighted by molar-refractivity contribution is -0.140. The smallest absolute Gasteiger partial charge is 0.321 e. The van der Waals surface area contributed by atoms with Crippen LogP contribution in [0.3, 0.4) is 0 Å². The highest BCUT2D eigenvalue weighted by molar-refractivity contribution is 7.92. The van der Waals surface area contributed by atoms with Gasteiger partial charge in [-0.25, -0.2) is 8.42 Å². The molecule has 0 bridgehead atoms. The Hall–Kier alpha value is -0.910. The van der Waals surface area contributed by atoms with Crippen LogP contribution in [0.15, 0.2) is 0 Å². The van der Waals surface area contributed by atoms with E-state index in [2.05, 4.69) is 4.74 Å². The fourth-order valence-electron chi connectivity index (χ4n) is 1.57. The van der Waals surface area contributed by atoms with Gasteiger partial charge in [-0.3, -0.25) is 9.59 Å².